The maximum absolute atomic E-state index is 11.8. The highest BCUT2D eigenvalue weighted by atomic mass is 16.7. The van der Waals surface area contributed by atoms with E-state index in [-0.39, 0.29) is 6.54 Å². The van der Waals surface area contributed by atoms with Gasteiger partial charge in [-0.05, 0) is 0 Å². The van der Waals surface area contributed by atoms with Crippen molar-refractivity contribution >= 4 is 5.91 Å². The summed E-state index contributed by atoms with van der Waals surface area (Å²) in [5.74, 6) is -0.752. The molecule has 0 saturated carbocycles. The molecule has 13 heteroatoms. The summed E-state index contributed by atoms with van der Waals surface area (Å²) >= 11 is 0. The second-order valence-electron chi connectivity index (χ2n) is 6.35. The van der Waals surface area contributed by atoms with Crippen molar-refractivity contribution < 1.29 is 59.9 Å². The van der Waals surface area contributed by atoms with Crippen LogP contribution >= 0.6 is 0 Å². The molecule has 13 nitrogen and oxygen atoms in total. The summed E-state index contributed by atoms with van der Waals surface area (Å²) in [7, 11) is 0. The van der Waals surface area contributed by atoms with Crippen LogP contribution < -0.4 is 5.32 Å². The lowest BCUT2D eigenvalue weighted by atomic mass is 9.99. The van der Waals surface area contributed by atoms with Crippen molar-refractivity contribution in [3.63, 3.8) is 0 Å². The Labute approximate surface area is 153 Å². The van der Waals surface area contributed by atoms with Crippen LogP contribution in [0.4, 0.5) is 0 Å². The van der Waals surface area contributed by atoms with Crippen LogP contribution in [0.15, 0.2) is 0 Å². The zero-order chi connectivity index (χ0) is 20.3. The lowest BCUT2D eigenvalue weighted by Gasteiger charge is -2.39. The van der Waals surface area contributed by atoms with E-state index >= 15 is 0 Å². The molecule has 0 aromatic carbocycles. The average Bonchev–Trinajstić information content (AvgIpc) is 2.65. The molecule has 158 valence electrons. The van der Waals surface area contributed by atoms with Gasteiger partial charge in [0.1, 0.15) is 55.4 Å². The number of carbonyl (C=O) groups is 1. The van der Waals surface area contributed by atoms with Crippen molar-refractivity contribution in [1.82, 2.24) is 5.32 Å². The van der Waals surface area contributed by atoms with E-state index in [0.717, 1.165) is 0 Å². The van der Waals surface area contributed by atoms with Crippen molar-refractivity contribution in [3.05, 3.63) is 0 Å². The number of rotatable bonds is 6. The Morgan fingerprint density at radius 3 is 2.04 bits per heavy atom. The number of aliphatic hydroxyl groups is 8. The quantitative estimate of drug-likeness (QED) is 0.204. The van der Waals surface area contributed by atoms with E-state index in [1.165, 1.54) is 0 Å². The lowest BCUT2D eigenvalue weighted by molar-refractivity contribution is -0.299. The summed E-state index contributed by atoms with van der Waals surface area (Å²) < 4.78 is 15.0. The Balaban J connectivity index is 1.79. The van der Waals surface area contributed by atoms with Gasteiger partial charge >= 0.3 is 0 Å². The fraction of sp³-hybridized carbons (Fsp3) is 0.929. The van der Waals surface area contributed by atoms with Crippen LogP contribution in [-0.4, -0.2) is 128 Å². The van der Waals surface area contributed by atoms with Crippen molar-refractivity contribution in [1.29, 1.82) is 0 Å². The van der Waals surface area contributed by atoms with Crippen molar-refractivity contribution in [3.8, 4) is 0 Å². The smallest absolute Gasteiger partial charge is 0.246 e. The van der Waals surface area contributed by atoms with Gasteiger partial charge in [-0.2, -0.15) is 0 Å². The van der Waals surface area contributed by atoms with E-state index in [1.807, 2.05) is 0 Å². The highest BCUT2D eigenvalue weighted by Crippen LogP contribution is 2.22. The second-order valence-corrected chi connectivity index (χ2v) is 6.35. The van der Waals surface area contributed by atoms with Gasteiger partial charge in [-0.1, -0.05) is 0 Å². The lowest BCUT2D eigenvalue weighted by Crippen LogP contribution is -2.60. The van der Waals surface area contributed by atoms with E-state index in [0.29, 0.717) is 0 Å². The fourth-order valence-corrected chi connectivity index (χ4v) is 2.73. The maximum Gasteiger partial charge on any atom is 0.246 e. The Bertz CT molecular complexity index is 493. The van der Waals surface area contributed by atoms with Crippen LogP contribution in [-0.2, 0) is 19.0 Å². The molecule has 9 N–H and O–H groups in total. The van der Waals surface area contributed by atoms with Gasteiger partial charge in [0.25, 0.3) is 0 Å². The van der Waals surface area contributed by atoms with Crippen LogP contribution in [0.3, 0.4) is 0 Å². The standard InChI is InChI=1S/C14H25NO12/c16-2-5-8(19)10(21)12(23)14(27-5)25-3-6(17)15-1-4-7(18)9(20)11(22)13(24)26-4/h4-5,7-14,16,18-24H,1-3H2,(H,15,17)/t4-,5-,7-,8-,9+,10+,11-,12-,13?,14+/m1/s1. The van der Waals surface area contributed by atoms with Crippen molar-refractivity contribution in [2.75, 3.05) is 19.8 Å². The first-order valence-corrected chi connectivity index (χ1v) is 8.24. The van der Waals surface area contributed by atoms with E-state index in [2.05, 4.69) is 5.32 Å². The molecule has 0 aromatic rings. The first-order valence-electron chi connectivity index (χ1n) is 8.24. The minimum absolute atomic E-state index is 0.334. The van der Waals surface area contributed by atoms with Gasteiger partial charge in [-0.3, -0.25) is 4.79 Å². The number of ether oxygens (including phenoxy) is 3. The third kappa shape index (κ3) is 5.10. The maximum atomic E-state index is 11.8. The Morgan fingerprint density at radius 1 is 0.815 bits per heavy atom. The minimum Gasteiger partial charge on any atom is -0.394 e. The third-order valence-electron chi connectivity index (χ3n) is 4.41. The molecule has 1 unspecified atom stereocenters. The molecule has 2 aliphatic heterocycles. The number of nitrogens with one attached hydrogen (secondary N) is 1. The average molecular weight is 399 g/mol. The van der Waals surface area contributed by atoms with E-state index in [9.17, 15) is 40.5 Å². The van der Waals surface area contributed by atoms with Gasteiger partial charge < -0.3 is 60.4 Å². The van der Waals surface area contributed by atoms with E-state index in [1.54, 1.807) is 0 Å². The number of hydrogen-bond acceptors (Lipinski definition) is 12. The van der Waals surface area contributed by atoms with Crippen molar-refractivity contribution in [2.45, 2.75) is 61.4 Å². The molecule has 1 amide bonds. The number of hydrogen-bond donors (Lipinski definition) is 9. The second kappa shape index (κ2) is 9.49. The summed E-state index contributed by atoms with van der Waals surface area (Å²) in [5, 5.41) is 78.5. The van der Waals surface area contributed by atoms with Gasteiger partial charge in [0, 0.05) is 6.54 Å². The predicted octanol–water partition coefficient (Wildman–Crippen LogP) is -6.28. The summed E-state index contributed by atoms with van der Waals surface area (Å²) in [6, 6.07) is 0. The molecule has 2 fully saturated rings. The zero-order valence-corrected chi connectivity index (χ0v) is 14.1. The molecule has 2 aliphatic rings. The van der Waals surface area contributed by atoms with Crippen molar-refractivity contribution in [2.24, 2.45) is 0 Å². The van der Waals surface area contributed by atoms with Crippen LogP contribution in [0.1, 0.15) is 0 Å². The van der Waals surface area contributed by atoms with Crippen LogP contribution in [0.2, 0.25) is 0 Å². The summed E-state index contributed by atoms with van der Waals surface area (Å²) in [6.45, 7) is -1.64. The first kappa shape index (κ1) is 22.3. The van der Waals surface area contributed by atoms with Gasteiger partial charge in [0.2, 0.25) is 5.91 Å². The molecule has 0 aromatic heterocycles. The molecular weight excluding hydrogens is 374 g/mol. The topological polar surface area (TPSA) is 219 Å². The Morgan fingerprint density at radius 2 is 1.41 bits per heavy atom. The summed E-state index contributed by atoms with van der Waals surface area (Å²) in [6.07, 6.45) is -15.4. The SMILES string of the molecule is O=C(CO[C@H]1O[C@H](CO)[C@@H](O)[C@H](O)[C@H]1O)NC[C@H]1OC(O)[C@H](O)[C@@H](O)[C@@H]1O. The molecule has 0 spiro atoms. The molecule has 2 rings (SSSR count). The molecule has 2 heterocycles. The number of amides is 1. The Hall–Kier alpha value is -0.970. The highest BCUT2D eigenvalue weighted by Gasteiger charge is 2.45. The molecule has 2 saturated heterocycles. The first-order chi connectivity index (χ1) is 12.7. The van der Waals surface area contributed by atoms with Crippen LogP contribution in [0.25, 0.3) is 0 Å². The molecule has 27 heavy (non-hydrogen) atoms. The Kier molecular flexibility index (Phi) is 7.84. The predicted molar refractivity (Wildman–Crippen MR) is 81.6 cm³/mol. The van der Waals surface area contributed by atoms with Crippen LogP contribution in [0, 0.1) is 0 Å². The molecule has 0 aliphatic carbocycles. The fourth-order valence-electron chi connectivity index (χ4n) is 2.73. The summed E-state index contributed by atoms with van der Waals surface area (Å²) in [4.78, 5) is 11.8. The van der Waals surface area contributed by atoms with E-state index in [4.69, 9.17) is 19.3 Å². The highest BCUT2D eigenvalue weighted by molar-refractivity contribution is 5.77. The number of carbonyl (C=O) groups excluding carboxylic acids is 1. The van der Waals surface area contributed by atoms with Crippen LogP contribution in [0.5, 0.6) is 0 Å². The zero-order valence-electron chi connectivity index (χ0n) is 14.1. The van der Waals surface area contributed by atoms with Gasteiger partial charge in [-0.15, -0.1) is 0 Å². The van der Waals surface area contributed by atoms with Gasteiger partial charge in [0.05, 0.1) is 6.61 Å². The molecule has 10 atom stereocenters. The third-order valence-corrected chi connectivity index (χ3v) is 4.41. The van der Waals surface area contributed by atoms with E-state index < -0.39 is 80.5 Å². The monoisotopic (exact) mass is 399 g/mol. The summed E-state index contributed by atoms with van der Waals surface area (Å²) in [5.41, 5.74) is 0. The van der Waals surface area contributed by atoms with Gasteiger partial charge in [-0.25, -0.2) is 0 Å². The molecule has 0 bridgehead atoms. The number of aliphatic hydroxyl groups excluding tert-OH is 8. The van der Waals surface area contributed by atoms with Gasteiger partial charge in [0.15, 0.2) is 12.6 Å². The molecule has 0 radical (unpaired) electrons. The molecular formula is C14H25NO12. The largest absolute Gasteiger partial charge is 0.394 e. The minimum atomic E-state index is -1.74. The normalized spacial score (nSPS) is 45.5.